The van der Waals surface area contributed by atoms with Crippen molar-refractivity contribution < 1.29 is 98.5 Å². The number of carboxylic acid groups (broad SMARTS) is 4. The van der Waals surface area contributed by atoms with E-state index in [1.54, 1.807) is 43.9 Å². The monoisotopic (exact) mass is 825 g/mol. The molecule has 17 heteroatoms. The van der Waals surface area contributed by atoms with Crippen LogP contribution in [-0.4, -0.2) is 173 Å². The Bertz CT molecular complexity index is 1050. The fraction of sp³-hybridized carbons (Fsp3) is 0.677. The number of carbonyl (C=O) groups excluding carboxylic acids is 3. The molecule has 1 fully saturated rings. The van der Waals surface area contributed by atoms with E-state index in [0.717, 1.165) is 5.56 Å². The van der Waals surface area contributed by atoms with Crippen LogP contribution in [0.2, 0.25) is 0 Å². The summed E-state index contributed by atoms with van der Waals surface area (Å²) in [5, 5.41) is 44.4. The molecule has 271 valence electrons. The minimum Gasteiger partial charge on any atom is -0.549 e. The van der Waals surface area contributed by atoms with Gasteiger partial charge in [0.1, 0.15) is 18.4 Å². The second-order valence-corrected chi connectivity index (χ2v) is 11.0. The van der Waals surface area contributed by atoms with Crippen LogP contribution in [0.3, 0.4) is 0 Å². The van der Waals surface area contributed by atoms with Crippen LogP contribution in [-0.2, 0) is 39.8 Å². The van der Waals surface area contributed by atoms with Gasteiger partial charge in [-0.15, -0.1) is 0 Å². The predicted molar refractivity (Wildman–Crippen MR) is 161 cm³/mol. The summed E-state index contributed by atoms with van der Waals surface area (Å²) in [6, 6.07) is 6.02. The maximum Gasteiger partial charge on any atom is 3.00 e. The van der Waals surface area contributed by atoms with Gasteiger partial charge in [0.25, 0.3) is 0 Å². The number of carboxylic acids is 4. The third kappa shape index (κ3) is 19.8. The molecule has 1 saturated heterocycles. The van der Waals surface area contributed by atoms with Gasteiger partial charge in [-0.05, 0) is 31.0 Å². The molecule has 1 aromatic rings. The molecular formula is C31H47GdN4O12. The molecule has 0 aromatic heterocycles. The predicted octanol–water partition coefficient (Wildman–Crippen LogP) is -4.40. The molecule has 0 spiro atoms. The topological polar surface area (TPSA) is 208 Å². The van der Waals surface area contributed by atoms with E-state index in [9.17, 15) is 39.6 Å². The number of rotatable bonds is 21. The number of hydrogen-bond donors (Lipinski definition) is 1. The van der Waals surface area contributed by atoms with Gasteiger partial charge in [0.2, 0.25) is 0 Å². The van der Waals surface area contributed by atoms with Gasteiger partial charge in [-0.25, -0.2) is 0 Å². The zero-order valence-electron chi connectivity index (χ0n) is 27.4. The van der Waals surface area contributed by atoms with E-state index >= 15 is 0 Å². The van der Waals surface area contributed by atoms with Gasteiger partial charge in [-0.3, -0.25) is 24.4 Å². The number of benzene rings is 1. The Morgan fingerprint density at radius 2 is 1.06 bits per heavy atom. The van der Waals surface area contributed by atoms with E-state index in [-0.39, 0.29) is 98.7 Å². The standard InChI is InChI=1S/C31H50N4O12.Gd/c1-2-44-15-16-45-17-18-46-19-20-47-26-5-3-25(4-6-26)21-27(31(42)43)35-13-11-33(23-29(38)39)9-7-32(22-28(36)37)8-10-34(12-14-35)24-30(40)41;/h3-6,27H,2,7-24H2,1H3,(H,36,37)(H,38,39)(H,40,41)(H,42,43);/q;+3/p-3. The molecule has 1 heterocycles. The van der Waals surface area contributed by atoms with Crippen LogP contribution in [0.5, 0.6) is 5.75 Å². The summed E-state index contributed by atoms with van der Waals surface area (Å²) in [5.74, 6) is -4.45. The van der Waals surface area contributed by atoms with Crippen LogP contribution >= 0.6 is 0 Å². The van der Waals surface area contributed by atoms with Gasteiger partial charge < -0.3 is 53.8 Å². The molecule has 1 unspecified atom stereocenters. The van der Waals surface area contributed by atoms with E-state index in [4.69, 9.17) is 18.9 Å². The van der Waals surface area contributed by atoms with Gasteiger partial charge in [-0.1, -0.05) is 12.1 Å². The maximum atomic E-state index is 12.5. The van der Waals surface area contributed by atoms with Crippen LogP contribution in [0.4, 0.5) is 0 Å². The molecule has 0 saturated carbocycles. The molecule has 0 bridgehead atoms. The van der Waals surface area contributed by atoms with Gasteiger partial charge in [0.15, 0.2) is 0 Å². The Morgan fingerprint density at radius 1 is 0.667 bits per heavy atom. The number of carbonyl (C=O) groups is 4. The molecular weight excluding hydrogens is 778 g/mol. The van der Waals surface area contributed by atoms with Crippen molar-refractivity contribution in [3.63, 3.8) is 0 Å². The van der Waals surface area contributed by atoms with Crippen LogP contribution in [0, 0.1) is 39.9 Å². The van der Waals surface area contributed by atoms with Crippen molar-refractivity contribution in [3.05, 3.63) is 29.8 Å². The summed E-state index contributed by atoms with van der Waals surface area (Å²) in [7, 11) is 0. The molecule has 1 atom stereocenters. The number of hydrogen-bond acceptors (Lipinski definition) is 15. The average Bonchev–Trinajstić information content (AvgIpc) is 3.01. The van der Waals surface area contributed by atoms with E-state index in [1.165, 1.54) is 0 Å². The third-order valence-electron chi connectivity index (χ3n) is 7.45. The van der Waals surface area contributed by atoms with Crippen molar-refractivity contribution >= 4 is 23.9 Å². The van der Waals surface area contributed by atoms with E-state index in [1.807, 2.05) is 6.92 Å². The van der Waals surface area contributed by atoms with Crippen molar-refractivity contribution in [2.45, 2.75) is 19.4 Å². The normalized spacial score (nSPS) is 16.6. The van der Waals surface area contributed by atoms with Crippen molar-refractivity contribution in [2.24, 2.45) is 0 Å². The fourth-order valence-corrected chi connectivity index (χ4v) is 5.01. The van der Waals surface area contributed by atoms with Crippen LogP contribution < -0.4 is 20.1 Å². The molecule has 0 amide bonds. The van der Waals surface area contributed by atoms with Gasteiger partial charge in [0, 0.05) is 78.6 Å². The van der Waals surface area contributed by atoms with Crippen molar-refractivity contribution in [3.8, 4) is 5.75 Å². The average molecular weight is 825 g/mol. The summed E-state index contributed by atoms with van der Waals surface area (Å²) in [5.41, 5.74) is 0.729. The van der Waals surface area contributed by atoms with E-state index < -0.39 is 49.6 Å². The van der Waals surface area contributed by atoms with Crippen molar-refractivity contribution in [2.75, 3.05) is 118 Å². The molecule has 1 aliphatic rings. The molecule has 1 aliphatic heterocycles. The van der Waals surface area contributed by atoms with E-state index in [2.05, 4.69) is 0 Å². The minimum absolute atomic E-state index is 0. The molecule has 0 aliphatic carbocycles. The van der Waals surface area contributed by atoms with Crippen LogP contribution in [0.25, 0.3) is 0 Å². The number of ether oxygens (including phenoxy) is 4. The number of aliphatic carboxylic acids is 4. The summed E-state index contributed by atoms with van der Waals surface area (Å²) in [6.07, 6.45) is 0.127. The quantitative estimate of drug-likeness (QED) is 0.116. The van der Waals surface area contributed by atoms with Gasteiger partial charge >= 0.3 is 45.9 Å². The van der Waals surface area contributed by atoms with Gasteiger partial charge in [-0.2, -0.15) is 0 Å². The first-order valence-corrected chi connectivity index (χ1v) is 15.8. The molecule has 1 aromatic carbocycles. The Labute approximate surface area is 313 Å². The zero-order chi connectivity index (χ0) is 34.4. The van der Waals surface area contributed by atoms with Gasteiger partial charge in [0.05, 0.1) is 50.9 Å². The Hall–Kier alpha value is -2.06. The molecule has 1 radical (unpaired) electrons. The smallest absolute Gasteiger partial charge is 0.549 e. The first kappa shape index (κ1) is 44.0. The molecule has 1 N–H and O–H groups in total. The molecule has 2 rings (SSSR count). The Balaban J connectivity index is 0.0000115. The second-order valence-electron chi connectivity index (χ2n) is 11.0. The largest absolute Gasteiger partial charge is 3.00 e. The number of nitrogens with zero attached hydrogens (tertiary/aromatic N) is 4. The summed E-state index contributed by atoms with van der Waals surface area (Å²) >= 11 is 0. The van der Waals surface area contributed by atoms with Crippen molar-refractivity contribution in [1.82, 2.24) is 19.6 Å². The zero-order valence-corrected chi connectivity index (χ0v) is 29.7. The molecule has 48 heavy (non-hydrogen) atoms. The summed E-state index contributed by atoms with van der Waals surface area (Å²) in [6.45, 7) is 5.25. The minimum atomic E-state index is -1.32. The first-order valence-electron chi connectivity index (χ1n) is 15.8. The SMILES string of the molecule is CCOCCOCCOCCOc1ccc(CC(C(=O)O)N2CCN(CC(=O)[O-])CCN(CC(=O)[O-])CCN(CC(=O)[O-])CC2)cc1.[Gd+3]. The maximum absolute atomic E-state index is 12.5. The Morgan fingerprint density at radius 3 is 1.46 bits per heavy atom. The molecule has 16 nitrogen and oxygen atoms in total. The fourth-order valence-electron chi connectivity index (χ4n) is 5.01. The second kappa shape index (κ2) is 25.9. The van der Waals surface area contributed by atoms with Crippen LogP contribution in [0.1, 0.15) is 12.5 Å². The first-order chi connectivity index (χ1) is 22.6. The van der Waals surface area contributed by atoms with Crippen molar-refractivity contribution in [1.29, 1.82) is 0 Å². The summed E-state index contributed by atoms with van der Waals surface area (Å²) in [4.78, 5) is 53.0. The summed E-state index contributed by atoms with van der Waals surface area (Å²) < 4.78 is 21.8. The Kier molecular flexibility index (Phi) is 23.7. The van der Waals surface area contributed by atoms with Crippen LogP contribution in [0.15, 0.2) is 24.3 Å². The third-order valence-corrected chi connectivity index (χ3v) is 7.45. The van der Waals surface area contributed by atoms with E-state index in [0.29, 0.717) is 52.0 Å².